The summed E-state index contributed by atoms with van der Waals surface area (Å²) < 4.78 is 6.24. The maximum Gasteiger partial charge on any atom is 0.226 e. The van der Waals surface area contributed by atoms with Crippen LogP contribution >= 0.6 is 0 Å². The monoisotopic (exact) mass is 900 g/mol. The van der Waals surface area contributed by atoms with Crippen molar-refractivity contribution >= 4 is 29.2 Å². The molecule has 4 aromatic rings. The molecule has 15 nitrogen and oxygen atoms in total. The van der Waals surface area contributed by atoms with Gasteiger partial charge in [-0.05, 0) is 92.7 Å². The smallest absolute Gasteiger partial charge is 0.226 e. The van der Waals surface area contributed by atoms with Crippen LogP contribution in [0.1, 0.15) is 104 Å². The summed E-state index contributed by atoms with van der Waals surface area (Å²) in [5.74, 6) is -3.71. The van der Waals surface area contributed by atoms with Crippen molar-refractivity contribution in [3.05, 3.63) is 94.3 Å². The third kappa shape index (κ3) is 12.1. The summed E-state index contributed by atoms with van der Waals surface area (Å²) in [6, 6.07) is 17.4. The van der Waals surface area contributed by atoms with Gasteiger partial charge in [-0.3, -0.25) is 24.0 Å². The number of likely N-dealkylation sites (N-methyl/N-ethyl adjacent to an activating group) is 1. The van der Waals surface area contributed by atoms with Crippen molar-refractivity contribution < 1.29 is 33.8 Å². The van der Waals surface area contributed by atoms with E-state index in [0.29, 0.717) is 45.2 Å². The lowest BCUT2D eigenvalue weighted by atomic mass is 9.86. The van der Waals surface area contributed by atoms with Crippen LogP contribution in [0.15, 0.2) is 60.7 Å². The summed E-state index contributed by atoms with van der Waals surface area (Å²) in [6.07, 6.45) is -0.547. The second-order valence-corrected chi connectivity index (χ2v) is 18.4. The van der Waals surface area contributed by atoms with E-state index in [1.54, 1.807) is 51.1 Å². The van der Waals surface area contributed by atoms with Crippen LogP contribution in [0.2, 0.25) is 0 Å². The second-order valence-electron chi connectivity index (χ2n) is 18.4. The van der Waals surface area contributed by atoms with Gasteiger partial charge in [-0.1, -0.05) is 64.1 Å². The van der Waals surface area contributed by atoms with E-state index in [4.69, 9.17) is 31.9 Å². The van der Waals surface area contributed by atoms with Crippen molar-refractivity contribution in [3.63, 3.8) is 0 Å². The van der Waals surface area contributed by atoms with E-state index in [1.807, 2.05) is 30.3 Å². The topological polar surface area (TPSA) is 258 Å². The number of phenolic OH excluding ortho intramolecular Hbond substituents is 1. The predicted octanol–water partition coefficient (Wildman–Crippen LogP) is 5.59. The molecular formula is C51H64N8O7. The summed E-state index contributed by atoms with van der Waals surface area (Å²) in [5, 5.41) is 23.5. The largest absolute Gasteiger partial charge is 0.507 e. The number of aryl methyl sites for hydroxylation is 2. The van der Waals surface area contributed by atoms with Crippen LogP contribution in [0.3, 0.4) is 0 Å². The molecular weight excluding hydrogens is 837 g/mol. The van der Waals surface area contributed by atoms with Crippen molar-refractivity contribution in [2.75, 3.05) is 33.3 Å². The molecule has 2 heterocycles. The molecule has 0 fully saturated rings. The number of nitrogens with zero attached hydrogens (tertiary/aromatic N) is 4. The lowest BCUT2D eigenvalue weighted by molar-refractivity contribution is -0.142. The Labute approximate surface area is 387 Å². The lowest BCUT2D eigenvalue weighted by Gasteiger charge is -2.32. The third-order valence-electron chi connectivity index (χ3n) is 12.3. The van der Waals surface area contributed by atoms with E-state index in [9.17, 15) is 34.3 Å². The van der Waals surface area contributed by atoms with Crippen molar-refractivity contribution in [2.45, 2.75) is 97.6 Å². The number of benzene rings is 3. The number of aromatic hydroxyl groups is 1. The Bertz CT molecular complexity index is 2450. The Morgan fingerprint density at radius 3 is 2.23 bits per heavy atom. The summed E-state index contributed by atoms with van der Waals surface area (Å²) in [7, 11) is 1.47. The number of hydrogen-bond acceptors (Lipinski definition) is 13. The van der Waals surface area contributed by atoms with E-state index in [1.165, 1.54) is 18.0 Å². The highest BCUT2D eigenvalue weighted by atomic mass is 16.5. The molecule has 1 aromatic heterocycles. The first-order valence-corrected chi connectivity index (χ1v) is 22.5. The van der Waals surface area contributed by atoms with Gasteiger partial charge in [0.05, 0.1) is 35.7 Å². The van der Waals surface area contributed by atoms with Crippen LogP contribution < -0.4 is 27.3 Å². The molecule has 3 aromatic carbocycles. The average molecular weight is 901 g/mol. The minimum Gasteiger partial charge on any atom is -0.507 e. The fourth-order valence-corrected chi connectivity index (χ4v) is 8.32. The molecule has 350 valence electrons. The Morgan fingerprint density at radius 1 is 0.955 bits per heavy atom. The van der Waals surface area contributed by atoms with Crippen LogP contribution in [0, 0.1) is 42.9 Å². The average Bonchev–Trinajstić information content (AvgIpc) is 3.27. The molecule has 1 aliphatic heterocycles. The summed E-state index contributed by atoms with van der Waals surface area (Å²) in [4.78, 5) is 81.5. The van der Waals surface area contributed by atoms with Gasteiger partial charge in [0.1, 0.15) is 17.5 Å². The van der Waals surface area contributed by atoms with Gasteiger partial charge in [0, 0.05) is 67.2 Å². The maximum atomic E-state index is 14.7. The van der Waals surface area contributed by atoms with Gasteiger partial charge in [0.2, 0.25) is 11.8 Å². The van der Waals surface area contributed by atoms with Gasteiger partial charge in [0.15, 0.2) is 23.2 Å². The van der Waals surface area contributed by atoms with Crippen LogP contribution in [-0.2, 0) is 31.0 Å². The molecule has 0 saturated heterocycles. The maximum absolute atomic E-state index is 14.7. The SMILES string of the molecule is Cc1nc(-c2ccc(C(C)(C)C)cc2)nc(C)c1C(=O)C[C@@H](CCN)C(=O)N(C)[C@@H]1C(=O)C[C@@H](C)C(=O)N[C@H](C(=O)CCC#N)Cc2ccc(OCC(CN)CN)c(c2)-c2cc1ccc2O. The summed E-state index contributed by atoms with van der Waals surface area (Å²) in [5.41, 5.74) is 22.7. The van der Waals surface area contributed by atoms with Gasteiger partial charge in [-0.2, -0.15) is 5.26 Å². The van der Waals surface area contributed by atoms with Gasteiger partial charge in [0.25, 0.3) is 0 Å². The zero-order valence-electron chi connectivity index (χ0n) is 39.1. The fourth-order valence-electron chi connectivity index (χ4n) is 8.32. The third-order valence-corrected chi connectivity index (χ3v) is 12.3. The number of ketones is 3. The first-order valence-electron chi connectivity index (χ1n) is 22.5. The first kappa shape index (κ1) is 50.7. The van der Waals surface area contributed by atoms with Crippen molar-refractivity contribution in [1.82, 2.24) is 20.2 Å². The molecule has 8 N–H and O–H groups in total. The minimum absolute atomic E-state index is 0.0350. The van der Waals surface area contributed by atoms with Crippen LogP contribution in [-0.4, -0.2) is 88.5 Å². The number of carbonyl (C=O) groups is 5. The molecule has 1 aliphatic rings. The molecule has 0 unspecified atom stereocenters. The van der Waals surface area contributed by atoms with Crippen LogP contribution in [0.4, 0.5) is 0 Å². The molecule has 15 heteroatoms. The molecule has 2 amide bonds. The molecule has 4 bridgehead atoms. The summed E-state index contributed by atoms with van der Waals surface area (Å²) in [6.45, 7) is 12.2. The molecule has 5 rings (SSSR count). The standard InChI is InChI=1S/C51H64N8O7/c1-29-21-44(63)47(59(7)50(65)36(18-20-53)25-43(62)46-30(2)56-48(57-31(46)3)34-11-14-37(15-12-34)51(4,5)6)35-13-16-41(60)38(24-35)39-22-32(10-17-45(39)66-28-33(26-54)27-55)23-40(58-49(29)64)42(61)9-8-19-52/h10-17,22,24,29,33,36,40,47,60H,8-9,18,20-21,23,25-28,53-55H2,1-7H3,(H,58,64)/t29-,36-,40+,47+/m1/s1. The predicted molar refractivity (Wildman–Crippen MR) is 252 cm³/mol. The molecule has 0 radical (unpaired) electrons. The van der Waals surface area contributed by atoms with E-state index in [-0.39, 0.29) is 99.0 Å². The van der Waals surface area contributed by atoms with E-state index in [0.717, 1.165) is 11.1 Å². The van der Waals surface area contributed by atoms with Crippen molar-refractivity contribution in [2.24, 2.45) is 35.0 Å². The molecule has 4 atom stereocenters. The number of Topliss-reactive ketones (excluding diaryl/α,β-unsaturated/α-hetero) is 3. The number of aromatic nitrogens is 2. The number of phenols is 1. The lowest BCUT2D eigenvalue weighted by Crippen LogP contribution is -2.46. The number of nitriles is 1. The van der Waals surface area contributed by atoms with Crippen molar-refractivity contribution in [3.8, 4) is 40.1 Å². The van der Waals surface area contributed by atoms with Crippen molar-refractivity contribution in [1.29, 1.82) is 5.26 Å². The molecule has 0 saturated carbocycles. The summed E-state index contributed by atoms with van der Waals surface area (Å²) >= 11 is 0. The van der Waals surface area contributed by atoms with Gasteiger partial charge in [-0.15, -0.1) is 0 Å². The van der Waals surface area contributed by atoms with E-state index >= 15 is 0 Å². The highest BCUT2D eigenvalue weighted by Crippen LogP contribution is 2.40. The van der Waals surface area contributed by atoms with Gasteiger partial charge < -0.3 is 37.3 Å². The fraction of sp³-hybridized carbons (Fsp3) is 0.451. The van der Waals surface area contributed by atoms with E-state index < -0.39 is 41.5 Å². The number of nitrogens with two attached hydrogens (primary N) is 3. The van der Waals surface area contributed by atoms with Gasteiger partial charge in [-0.25, -0.2) is 9.97 Å². The zero-order chi connectivity index (χ0) is 48.5. The number of ether oxygens (including phenoxy) is 1. The Hall–Kier alpha value is -6.34. The number of fused-ring (bicyclic) bond motifs is 5. The van der Waals surface area contributed by atoms with Crippen LogP contribution in [0.5, 0.6) is 11.5 Å². The number of hydrogen-bond donors (Lipinski definition) is 5. The molecule has 0 aliphatic carbocycles. The van der Waals surface area contributed by atoms with E-state index in [2.05, 4.69) is 26.1 Å². The molecule has 0 spiro atoms. The normalized spacial score (nSPS) is 17.0. The zero-order valence-corrected chi connectivity index (χ0v) is 39.1. The quantitative estimate of drug-likeness (QED) is 0.0861. The first-order chi connectivity index (χ1) is 31.3. The van der Waals surface area contributed by atoms with Gasteiger partial charge >= 0.3 is 0 Å². The number of rotatable bonds is 16. The second kappa shape index (κ2) is 22.2. The Balaban J connectivity index is 1.54. The Morgan fingerprint density at radius 2 is 1.62 bits per heavy atom. The minimum atomic E-state index is -1.29. The highest BCUT2D eigenvalue weighted by Gasteiger charge is 2.36. The number of amides is 2. The Kier molecular flexibility index (Phi) is 17.1. The molecule has 66 heavy (non-hydrogen) atoms. The number of nitrogens with one attached hydrogen (secondary N) is 1. The van der Waals surface area contributed by atoms with Crippen LogP contribution in [0.25, 0.3) is 22.5 Å². The highest BCUT2D eigenvalue weighted by molar-refractivity contribution is 6.01. The number of carbonyl (C=O) groups excluding carboxylic acids is 5.